The van der Waals surface area contributed by atoms with Gasteiger partial charge in [-0.1, -0.05) is 36.4 Å². The van der Waals surface area contributed by atoms with Crippen LogP contribution in [0, 0.1) is 0 Å². The molecule has 0 heterocycles. The molecule has 1 unspecified atom stereocenters. The molecular weight excluding hydrogens is 332 g/mol. The lowest BCUT2D eigenvalue weighted by Gasteiger charge is -2.25. The minimum absolute atomic E-state index is 0.0724. The number of amides is 2. The first-order valence-electron chi connectivity index (χ1n) is 8.14. The molecule has 6 nitrogen and oxygen atoms in total. The van der Waals surface area contributed by atoms with Gasteiger partial charge in [-0.05, 0) is 30.7 Å². The number of nitrogens with one attached hydrogen (secondary N) is 1. The van der Waals surface area contributed by atoms with Gasteiger partial charge in [0.15, 0.2) is 0 Å². The molecular formula is C20H22N2O4. The Morgan fingerprint density at radius 3 is 2.19 bits per heavy atom. The van der Waals surface area contributed by atoms with Crippen molar-refractivity contribution in [2.24, 2.45) is 0 Å². The van der Waals surface area contributed by atoms with Gasteiger partial charge in [0.1, 0.15) is 5.41 Å². The van der Waals surface area contributed by atoms with Crippen LogP contribution in [0.3, 0.4) is 0 Å². The van der Waals surface area contributed by atoms with Crippen LogP contribution in [0.5, 0.6) is 0 Å². The van der Waals surface area contributed by atoms with Crippen LogP contribution in [0.4, 0.5) is 0 Å². The number of carboxylic acid groups (broad SMARTS) is 1. The summed E-state index contributed by atoms with van der Waals surface area (Å²) in [6.07, 6.45) is 0. The van der Waals surface area contributed by atoms with Gasteiger partial charge in [0.2, 0.25) is 0 Å². The van der Waals surface area contributed by atoms with Crippen molar-refractivity contribution < 1.29 is 19.5 Å². The number of benzene rings is 2. The summed E-state index contributed by atoms with van der Waals surface area (Å²) >= 11 is 0. The number of aliphatic carboxylic acids is 1. The van der Waals surface area contributed by atoms with Crippen LogP contribution in [0.2, 0.25) is 0 Å². The highest BCUT2D eigenvalue weighted by atomic mass is 16.4. The molecule has 0 aliphatic rings. The third-order valence-corrected chi connectivity index (χ3v) is 4.26. The normalized spacial score (nSPS) is 12.7. The molecule has 2 rings (SSSR count). The number of rotatable bonds is 6. The summed E-state index contributed by atoms with van der Waals surface area (Å²) in [7, 11) is 3.26. The van der Waals surface area contributed by atoms with E-state index in [0.29, 0.717) is 16.7 Å². The smallest absolute Gasteiger partial charge is 0.315 e. The molecule has 0 saturated heterocycles. The van der Waals surface area contributed by atoms with E-state index in [1.165, 1.54) is 11.0 Å². The van der Waals surface area contributed by atoms with E-state index in [4.69, 9.17) is 0 Å². The first-order chi connectivity index (χ1) is 12.3. The molecule has 2 N–H and O–H groups in total. The third kappa shape index (κ3) is 4.08. The van der Waals surface area contributed by atoms with Gasteiger partial charge in [0.05, 0.1) is 0 Å². The molecule has 0 saturated carbocycles. The molecule has 0 spiro atoms. The molecule has 0 aliphatic heterocycles. The summed E-state index contributed by atoms with van der Waals surface area (Å²) in [5, 5.41) is 12.3. The summed E-state index contributed by atoms with van der Waals surface area (Å²) in [5.41, 5.74) is 0.0445. The average molecular weight is 354 g/mol. The van der Waals surface area contributed by atoms with E-state index in [1.54, 1.807) is 69.6 Å². The predicted molar refractivity (Wildman–Crippen MR) is 98.2 cm³/mol. The van der Waals surface area contributed by atoms with Gasteiger partial charge in [-0.2, -0.15) is 0 Å². The van der Waals surface area contributed by atoms with Crippen molar-refractivity contribution in [3.05, 3.63) is 71.3 Å². The van der Waals surface area contributed by atoms with E-state index >= 15 is 0 Å². The summed E-state index contributed by atoms with van der Waals surface area (Å²) in [6.45, 7) is 1.49. The molecule has 0 bridgehead atoms. The van der Waals surface area contributed by atoms with Gasteiger partial charge < -0.3 is 15.3 Å². The summed E-state index contributed by atoms with van der Waals surface area (Å²) in [6, 6.07) is 15.1. The number of hydrogen-bond acceptors (Lipinski definition) is 3. The first-order valence-corrected chi connectivity index (χ1v) is 8.14. The SMILES string of the molecule is CN(C)C(=O)c1cccc(C(=O)NCC(C)(C(=O)O)c2ccccc2)c1. The summed E-state index contributed by atoms with van der Waals surface area (Å²) in [4.78, 5) is 37.7. The molecule has 2 aromatic rings. The fraction of sp³-hybridized carbons (Fsp3) is 0.250. The molecule has 136 valence electrons. The zero-order chi connectivity index (χ0) is 19.3. The second-order valence-electron chi connectivity index (χ2n) is 6.47. The second-order valence-corrected chi connectivity index (χ2v) is 6.47. The first kappa shape index (κ1) is 19.2. The van der Waals surface area contributed by atoms with Gasteiger partial charge in [-0.15, -0.1) is 0 Å². The lowest BCUT2D eigenvalue weighted by atomic mass is 9.82. The molecule has 2 aromatic carbocycles. The zero-order valence-corrected chi connectivity index (χ0v) is 15.0. The van der Waals surface area contributed by atoms with Gasteiger partial charge in [0, 0.05) is 31.8 Å². The van der Waals surface area contributed by atoms with Crippen molar-refractivity contribution >= 4 is 17.8 Å². The van der Waals surface area contributed by atoms with Crippen LogP contribution >= 0.6 is 0 Å². The number of carboxylic acids is 1. The molecule has 0 fully saturated rings. The Hall–Kier alpha value is -3.15. The predicted octanol–water partition coefficient (Wildman–Crippen LogP) is 2.16. The molecule has 0 radical (unpaired) electrons. The standard InChI is InChI=1S/C20H22N2O4/c1-20(19(25)26,16-10-5-4-6-11-16)13-21-17(23)14-8-7-9-15(12-14)18(24)22(2)3/h4-12H,13H2,1-3H3,(H,21,23)(H,25,26). The van der Waals surface area contributed by atoms with Crippen molar-refractivity contribution in [2.45, 2.75) is 12.3 Å². The number of hydrogen-bond donors (Lipinski definition) is 2. The molecule has 2 amide bonds. The van der Waals surface area contributed by atoms with E-state index in [1.807, 2.05) is 0 Å². The Kier molecular flexibility index (Phi) is 5.77. The van der Waals surface area contributed by atoms with Gasteiger partial charge in [-0.25, -0.2) is 0 Å². The Morgan fingerprint density at radius 1 is 1.00 bits per heavy atom. The highest BCUT2D eigenvalue weighted by Crippen LogP contribution is 2.23. The van der Waals surface area contributed by atoms with Crippen molar-refractivity contribution in [1.29, 1.82) is 0 Å². The molecule has 0 aliphatic carbocycles. The van der Waals surface area contributed by atoms with Crippen molar-refractivity contribution in [3.8, 4) is 0 Å². The molecule has 0 aromatic heterocycles. The van der Waals surface area contributed by atoms with E-state index in [2.05, 4.69) is 5.32 Å². The minimum atomic E-state index is -1.26. The highest BCUT2D eigenvalue weighted by molar-refractivity contribution is 5.99. The highest BCUT2D eigenvalue weighted by Gasteiger charge is 2.35. The summed E-state index contributed by atoms with van der Waals surface area (Å²) < 4.78 is 0. The maximum absolute atomic E-state index is 12.5. The lowest BCUT2D eigenvalue weighted by Crippen LogP contribution is -2.44. The Balaban J connectivity index is 2.18. The maximum Gasteiger partial charge on any atom is 0.315 e. The van der Waals surface area contributed by atoms with E-state index in [9.17, 15) is 19.5 Å². The molecule has 6 heteroatoms. The molecule has 1 atom stereocenters. The maximum atomic E-state index is 12.5. The average Bonchev–Trinajstić information content (AvgIpc) is 2.65. The Morgan fingerprint density at radius 2 is 1.62 bits per heavy atom. The fourth-order valence-electron chi connectivity index (χ4n) is 2.52. The molecule has 26 heavy (non-hydrogen) atoms. The number of carbonyl (C=O) groups is 3. The fourth-order valence-corrected chi connectivity index (χ4v) is 2.52. The van der Waals surface area contributed by atoms with E-state index in [0.717, 1.165) is 0 Å². The minimum Gasteiger partial charge on any atom is -0.481 e. The quantitative estimate of drug-likeness (QED) is 0.832. The van der Waals surface area contributed by atoms with E-state index < -0.39 is 17.3 Å². The zero-order valence-electron chi connectivity index (χ0n) is 15.0. The van der Waals surface area contributed by atoms with Gasteiger partial charge in [-0.3, -0.25) is 14.4 Å². The van der Waals surface area contributed by atoms with Crippen LogP contribution in [0.15, 0.2) is 54.6 Å². The van der Waals surface area contributed by atoms with Crippen molar-refractivity contribution in [1.82, 2.24) is 10.2 Å². The van der Waals surface area contributed by atoms with Crippen LogP contribution in [0.25, 0.3) is 0 Å². The number of carbonyl (C=O) groups excluding carboxylic acids is 2. The van der Waals surface area contributed by atoms with Crippen LogP contribution in [-0.4, -0.2) is 48.4 Å². The van der Waals surface area contributed by atoms with Crippen molar-refractivity contribution in [3.63, 3.8) is 0 Å². The monoisotopic (exact) mass is 354 g/mol. The second kappa shape index (κ2) is 7.82. The topological polar surface area (TPSA) is 86.7 Å². The van der Waals surface area contributed by atoms with Crippen LogP contribution in [-0.2, 0) is 10.2 Å². The Bertz CT molecular complexity index is 818. The van der Waals surface area contributed by atoms with Gasteiger partial charge >= 0.3 is 5.97 Å². The van der Waals surface area contributed by atoms with Crippen LogP contribution in [0.1, 0.15) is 33.2 Å². The largest absolute Gasteiger partial charge is 0.481 e. The van der Waals surface area contributed by atoms with E-state index in [-0.39, 0.29) is 12.5 Å². The van der Waals surface area contributed by atoms with Gasteiger partial charge in [0.25, 0.3) is 11.8 Å². The number of nitrogens with zero attached hydrogens (tertiary/aromatic N) is 1. The summed E-state index contributed by atoms with van der Waals surface area (Å²) in [5.74, 6) is -1.67. The van der Waals surface area contributed by atoms with Crippen molar-refractivity contribution in [2.75, 3.05) is 20.6 Å². The lowest BCUT2D eigenvalue weighted by molar-refractivity contribution is -0.142. The van der Waals surface area contributed by atoms with Crippen LogP contribution < -0.4 is 5.32 Å². The third-order valence-electron chi connectivity index (χ3n) is 4.26. The Labute approximate surface area is 152 Å².